The standard InChI is InChI=1S/C24H23N5O4/c1-15-20(12-28-22(30)21-13-25-7-8-26-21)19-6-9-29(14-18(19)11-27-15)23(31)16-4-3-5-17(10-16)24(32)33-2/h3-5,7-8,10-11,13H,6,9,12,14H2,1-2H3,(H,28,30). The van der Waals surface area contributed by atoms with E-state index in [9.17, 15) is 14.4 Å². The third-order valence-electron chi connectivity index (χ3n) is 5.63. The first-order valence-electron chi connectivity index (χ1n) is 10.5. The fourth-order valence-electron chi connectivity index (χ4n) is 3.89. The van der Waals surface area contributed by atoms with Gasteiger partial charge in [0.2, 0.25) is 0 Å². The summed E-state index contributed by atoms with van der Waals surface area (Å²) in [6.45, 7) is 3.13. The number of aryl methyl sites for hydroxylation is 1. The van der Waals surface area contributed by atoms with E-state index in [1.165, 1.54) is 25.7 Å². The van der Waals surface area contributed by atoms with Gasteiger partial charge in [0.1, 0.15) is 5.69 Å². The Kier molecular flexibility index (Phi) is 6.39. The first-order chi connectivity index (χ1) is 16.0. The minimum absolute atomic E-state index is 0.163. The Morgan fingerprint density at radius 2 is 1.94 bits per heavy atom. The normalized spacial score (nSPS) is 12.6. The quantitative estimate of drug-likeness (QED) is 0.598. The van der Waals surface area contributed by atoms with E-state index in [4.69, 9.17) is 4.74 Å². The van der Waals surface area contributed by atoms with Crippen LogP contribution >= 0.6 is 0 Å². The van der Waals surface area contributed by atoms with Crippen molar-refractivity contribution in [3.63, 3.8) is 0 Å². The number of ether oxygens (including phenoxy) is 1. The fourth-order valence-corrected chi connectivity index (χ4v) is 3.89. The van der Waals surface area contributed by atoms with Crippen molar-refractivity contribution in [1.82, 2.24) is 25.2 Å². The summed E-state index contributed by atoms with van der Waals surface area (Å²) >= 11 is 0. The Labute approximate surface area is 190 Å². The molecule has 0 unspecified atom stereocenters. The van der Waals surface area contributed by atoms with Crippen LogP contribution in [0.15, 0.2) is 49.1 Å². The zero-order valence-corrected chi connectivity index (χ0v) is 18.4. The van der Waals surface area contributed by atoms with Gasteiger partial charge in [0, 0.05) is 49.5 Å². The van der Waals surface area contributed by atoms with E-state index in [1.807, 2.05) is 6.92 Å². The van der Waals surface area contributed by atoms with Gasteiger partial charge in [0.25, 0.3) is 11.8 Å². The molecule has 9 heteroatoms. The van der Waals surface area contributed by atoms with Gasteiger partial charge in [0.15, 0.2) is 0 Å². The predicted molar refractivity (Wildman–Crippen MR) is 118 cm³/mol. The van der Waals surface area contributed by atoms with Gasteiger partial charge in [0.05, 0.1) is 18.9 Å². The average Bonchev–Trinajstić information content (AvgIpc) is 2.87. The highest BCUT2D eigenvalue weighted by atomic mass is 16.5. The molecule has 0 spiro atoms. The van der Waals surface area contributed by atoms with Crippen molar-refractivity contribution in [2.45, 2.75) is 26.4 Å². The van der Waals surface area contributed by atoms with Crippen LogP contribution in [0, 0.1) is 6.92 Å². The smallest absolute Gasteiger partial charge is 0.337 e. The highest BCUT2D eigenvalue weighted by Crippen LogP contribution is 2.25. The van der Waals surface area contributed by atoms with Crippen LogP contribution in [0.5, 0.6) is 0 Å². The second-order valence-electron chi connectivity index (χ2n) is 7.65. The van der Waals surface area contributed by atoms with Gasteiger partial charge < -0.3 is 15.0 Å². The van der Waals surface area contributed by atoms with Crippen LogP contribution in [0.1, 0.15) is 53.6 Å². The Hall–Kier alpha value is -4.14. The Morgan fingerprint density at radius 1 is 1.12 bits per heavy atom. The molecule has 0 aliphatic carbocycles. The van der Waals surface area contributed by atoms with Gasteiger partial charge in [-0.3, -0.25) is 19.6 Å². The highest BCUT2D eigenvalue weighted by molar-refractivity contribution is 5.98. The summed E-state index contributed by atoms with van der Waals surface area (Å²) in [6.07, 6.45) is 6.82. The van der Waals surface area contributed by atoms with Crippen molar-refractivity contribution in [3.8, 4) is 0 Å². The van der Waals surface area contributed by atoms with Crippen LogP contribution in [-0.4, -0.2) is 51.3 Å². The highest BCUT2D eigenvalue weighted by Gasteiger charge is 2.25. The van der Waals surface area contributed by atoms with Crippen LogP contribution in [0.2, 0.25) is 0 Å². The number of nitrogens with zero attached hydrogens (tertiary/aromatic N) is 4. The van der Waals surface area contributed by atoms with Crippen LogP contribution in [-0.2, 0) is 24.2 Å². The predicted octanol–water partition coefficient (Wildman–Crippen LogP) is 2.10. The molecule has 168 valence electrons. The van der Waals surface area contributed by atoms with Gasteiger partial charge >= 0.3 is 5.97 Å². The molecule has 33 heavy (non-hydrogen) atoms. The molecule has 2 amide bonds. The van der Waals surface area contributed by atoms with E-state index in [0.717, 1.165) is 22.4 Å². The van der Waals surface area contributed by atoms with E-state index in [1.54, 1.807) is 35.4 Å². The molecule has 0 radical (unpaired) electrons. The van der Waals surface area contributed by atoms with E-state index in [2.05, 4.69) is 20.3 Å². The number of pyridine rings is 1. The average molecular weight is 445 g/mol. The van der Waals surface area contributed by atoms with Gasteiger partial charge in [-0.1, -0.05) is 6.07 Å². The number of carbonyl (C=O) groups excluding carboxylic acids is 3. The SMILES string of the molecule is COC(=O)c1cccc(C(=O)N2CCc3c(cnc(C)c3CNC(=O)c3cnccn3)C2)c1. The lowest BCUT2D eigenvalue weighted by Crippen LogP contribution is -2.37. The summed E-state index contributed by atoms with van der Waals surface area (Å²) < 4.78 is 4.75. The number of methoxy groups -OCH3 is 1. The van der Waals surface area contributed by atoms with Crippen LogP contribution in [0.3, 0.4) is 0 Å². The molecule has 0 fully saturated rings. The molecular formula is C24H23N5O4. The summed E-state index contributed by atoms with van der Waals surface area (Å²) in [5.41, 5.74) is 4.82. The maximum Gasteiger partial charge on any atom is 0.337 e. The lowest BCUT2D eigenvalue weighted by atomic mass is 9.94. The monoisotopic (exact) mass is 445 g/mol. The Balaban J connectivity index is 1.50. The van der Waals surface area contributed by atoms with Crippen molar-refractivity contribution in [2.75, 3.05) is 13.7 Å². The number of hydrogen-bond donors (Lipinski definition) is 1. The van der Waals surface area contributed by atoms with Gasteiger partial charge in [-0.25, -0.2) is 9.78 Å². The molecule has 1 aliphatic rings. The molecular weight excluding hydrogens is 422 g/mol. The van der Waals surface area contributed by atoms with Crippen molar-refractivity contribution < 1.29 is 19.1 Å². The molecule has 9 nitrogen and oxygen atoms in total. The lowest BCUT2D eigenvalue weighted by Gasteiger charge is -2.30. The summed E-state index contributed by atoms with van der Waals surface area (Å²) in [5.74, 6) is -0.954. The van der Waals surface area contributed by atoms with Crippen molar-refractivity contribution >= 4 is 17.8 Å². The summed E-state index contributed by atoms with van der Waals surface area (Å²) in [7, 11) is 1.31. The maximum atomic E-state index is 13.1. The van der Waals surface area contributed by atoms with Gasteiger partial charge in [-0.2, -0.15) is 0 Å². The third kappa shape index (κ3) is 4.72. The molecule has 1 aliphatic heterocycles. The number of rotatable bonds is 5. The molecule has 3 heterocycles. The largest absolute Gasteiger partial charge is 0.465 e. The van der Waals surface area contributed by atoms with E-state index >= 15 is 0 Å². The van der Waals surface area contributed by atoms with E-state index in [0.29, 0.717) is 37.2 Å². The van der Waals surface area contributed by atoms with Crippen molar-refractivity contribution in [2.24, 2.45) is 0 Å². The molecule has 0 bridgehead atoms. The zero-order valence-electron chi connectivity index (χ0n) is 18.4. The Morgan fingerprint density at radius 3 is 2.70 bits per heavy atom. The fraction of sp³-hybridized carbons (Fsp3) is 0.250. The minimum Gasteiger partial charge on any atom is -0.465 e. The molecule has 0 saturated heterocycles. The summed E-state index contributed by atoms with van der Waals surface area (Å²) in [4.78, 5) is 51.4. The first kappa shape index (κ1) is 22.1. The number of aromatic nitrogens is 3. The molecule has 1 aromatic carbocycles. The molecule has 0 atom stereocenters. The zero-order chi connectivity index (χ0) is 23.4. The maximum absolute atomic E-state index is 13.1. The topological polar surface area (TPSA) is 114 Å². The molecule has 4 rings (SSSR count). The molecule has 1 N–H and O–H groups in total. The molecule has 2 aromatic heterocycles. The van der Waals surface area contributed by atoms with E-state index < -0.39 is 5.97 Å². The van der Waals surface area contributed by atoms with Gasteiger partial charge in [-0.15, -0.1) is 0 Å². The Bertz CT molecular complexity index is 1210. The van der Waals surface area contributed by atoms with Gasteiger partial charge in [-0.05, 0) is 48.2 Å². The molecule has 0 saturated carbocycles. The minimum atomic E-state index is -0.485. The number of carbonyl (C=O) groups is 3. The summed E-state index contributed by atoms with van der Waals surface area (Å²) in [5, 5.41) is 2.88. The first-order valence-corrected chi connectivity index (χ1v) is 10.5. The van der Waals surface area contributed by atoms with Crippen LogP contribution in [0.25, 0.3) is 0 Å². The number of fused-ring (bicyclic) bond motifs is 1. The second-order valence-corrected chi connectivity index (χ2v) is 7.65. The van der Waals surface area contributed by atoms with Crippen LogP contribution in [0.4, 0.5) is 0 Å². The number of hydrogen-bond acceptors (Lipinski definition) is 7. The number of esters is 1. The van der Waals surface area contributed by atoms with Crippen LogP contribution < -0.4 is 5.32 Å². The summed E-state index contributed by atoms with van der Waals surface area (Å²) in [6, 6.07) is 6.51. The lowest BCUT2D eigenvalue weighted by molar-refractivity contribution is 0.0600. The van der Waals surface area contributed by atoms with E-state index in [-0.39, 0.29) is 17.5 Å². The molecule has 3 aromatic rings. The third-order valence-corrected chi connectivity index (χ3v) is 5.63. The number of nitrogens with one attached hydrogen (secondary N) is 1. The van der Waals surface area contributed by atoms with Crippen molar-refractivity contribution in [3.05, 3.63) is 88.3 Å². The number of amides is 2. The number of benzene rings is 1. The second kappa shape index (κ2) is 9.56. The van der Waals surface area contributed by atoms with Crippen molar-refractivity contribution in [1.29, 1.82) is 0 Å².